The molecule has 0 rings (SSSR count). The van der Waals surface area contributed by atoms with Gasteiger partial charge in [0.15, 0.2) is 0 Å². The minimum atomic E-state index is -0.704. The zero-order valence-electron chi connectivity index (χ0n) is 11.5. The molecule has 0 amide bonds. The van der Waals surface area contributed by atoms with E-state index in [-0.39, 0.29) is 6.04 Å². The summed E-state index contributed by atoms with van der Waals surface area (Å²) in [4.78, 5) is 10.9. The Hall–Kier alpha value is -0.570. The summed E-state index contributed by atoms with van der Waals surface area (Å²) in [5, 5.41) is 12.2. The number of nitrogens with one attached hydrogen (secondary N) is 1. The number of aliphatic carboxylic acids is 1. The fourth-order valence-electron chi connectivity index (χ4n) is 1.90. The first kappa shape index (κ1) is 16.4. The van der Waals surface area contributed by atoms with Gasteiger partial charge in [0.1, 0.15) is 6.04 Å². The van der Waals surface area contributed by atoms with E-state index < -0.39 is 5.97 Å². The molecule has 0 aliphatic rings. The van der Waals surface area contributed by atoms with Gasteiger partial charge in [-0.3, -0.25) is 4.79 Å². The average Bonchev–Trinajstić information content (AvgIpc) is 2.31. The second-order valence-corrected chi connectivity index (χ2v) is 4.75. The van der Waals surface area contributed by atoms with Gasteiger partial charge in [0.05, 0.1) is 0 Å². The largest absolute Gasteiger partial charge is 0.480 e. The third-order valence-electron chi connectivity index (χ3n) is 3.07. The maximum Gasteiger partial charge on any atom is 0.320 e. The Morgan fingerprint density at radius 1 is 1.00 bits per heavy atom. The molecular weight excluding hydrogens is 214 g/mol. The Bertz CT molecular complexity index is 183. The van der Waals surface area contributed by atoms with Gasteiger partial charge < -0.3 is 10.4 Å². The third kappa shape index (κ3) is 10.3. The molecule has 0 radical (unpaired) electrons. The first-order chi connectivity index (χ1) is 8.22. The SMILES string of the molecule is CCCCCCCCNC(CCCC)C(=O)O. The molecule has 2 N–H and O–H groups in total. The Kier molecular flexibility index (Phi) is 11.5. The van der Waals surface area contributed by atoms with Crippen molar-refractivity contribution >= 4 is 5.97 Å². The first-order valence-electron chi connectivity index (χ1n) is 7.18. The Morgan fingerprint density at radius 2 is 1.59 bits per heavy atom. The summed E-state index contributed by atoms with van der Waals surface area (Å²) < 4.78 is 0. The second-order valence-electron chi connectivity index (χ2n) is 4.75. The molecule has 1 unspecified atom stereocenters. The summed E-state index contributed by atoms with van der Waals surface area (Å²) in [5.74, 6) is -0.704. The summed E-state index contributed by atoms with van der Waals surface area (Å²) in [6, 6.07) is -0.342. The van der Waals surface area contributed by atoms with E-state index in [2.05, 4.69) is 19.2 Å². The predicted molar refractivity (Wildman–Crippen MR) is 72.3 cm³/mol. The van der Waals surface area contributed by atoms with E-state index >= 15 is 0 Å². The van der Waals surface area contributed by atoms with Crippen molar-refractivity contribution in [2.24, 2.45) is 0 Å². The molecule has 0 bridgehead atoms. The minimum Gasteiger partial charge on any atom is -0.480 e. The van der Waals surface area contributed by atoms with Crippen LogP contribution in [0.1, 0.15) is 71.6 Å². The van der Waals surface area contributed by atoms with Gasteiger partial charge in [0, 0.05) is 0 Å². The van der Waals surface area contributed by atoms with Crippen LogP contribution in [-0.4, -0.2) is 23.7 Å². The Labute approximate surface area is 106 Å². The van der Waals surface area contributed by atoms with Crippen LogP contribution in [0.4, 0.5) is 0 Å². The minimum absolute atomic E-state index is 0.342. The Morgan fingerprint density at radius 3 is 2.18 bits per heavy atom. The van der Waals surface area contributed by atoms with Gasteiger partial charge in [-0.1, -0.05) is 58.8 Å². The van der Waals surface area contributed by atoms with Gasteiger partial charge in [-0.25, -0.2) is 0 Å². The first-order valence-corrected chi connectivity index (χ1v) is 7.18. The lowest BCUT2D eigenvalue weighted by Gasteiger charge is -2.13. The monoisotopic (exact) mass is 243 g/mol. The van der Waals surface area contributed by atoms with Crippen LogP contribution >= 0.6 is 0 Å². The zero-order chi connectivity index (χ0) is 12.9. The number of hydrogen-bond donors (Lipinski definition) is 2. The molecule has 0 spiro atoms. The quantitative estimate of drug-likeness (QED) is 0.515. The van der Waals surface area contributed by atoms with Gasteiger partial charge in [-0.15, -0.1) is 0 Å². The molecule has 102 valence electrons. The van der Waals surface area contributed by atoms with Crippen LogP contribution in [0.15, 0.2) is 0 Å². The standard InChI is InChI=1S/C14H29NO2/c1-3-5-7-8-9-10-12-15-13(14(16)17)11-6-4-2/h13,15H,3-12H2,1-2H3,(H,16,17). The van der Waals surface area contributed by atoms with Crippen molar-refractivity contribution in [1.29, 1.82) is 0 Å². The van der Waals surface area contributed by atoms with Crippen LogP contribution in [-0.2, 0) is 4.79 Å². The molecule has 3 heteroatoms. The molecule has 1 atom stereocenters. The van der Waals surface area contributed by atoms with Gasteiger partial charge in [0.25, 0.3) is 0 Å². The predicted octanol–water partition coefficient (Wildman–Crippen LogP) is 3.58. The highest BCUT2D eigenvalue weighted by Crippen LogP contribution is 2.05. The average molecular weight is 243 g/mol. The van der Waals surface area contributed by atoms with E-state index in [1.165, 1.54) is 32.1 Å². The number of carboxylic acids is 1. The van der Waals surface area contributed by atoms with E-state index in [4.69, 9.17) is 5.11 Å². The molecule has 0 aromatic heterocycles. The molecule has 0 heterocycles. The number of unbranched alkanes of at least 4 members (excludes halogenated alkanes) is 6. The fraction of sp³-hybridized carbons (Fsp3) is 0.929. The molecule has 0 aromatic rings. The molecule has 0 aromatic carbocycles. The third-order valence-corrected chi connectivity index (χ3v) is 3.07. The molecule has 0 aliphatic carbocycles. The van der Waals surface area contributed by atoms with Crippen LogP contribution in [0.3, 0.4) is 0 Å². The van der Waals surface area contributed by atoms with Gasteiger partial charge in [-0.2, -0.15) is 0 Å². The van der Waals surface area contributed by atoms with E-state index in [0.29, 0.717) is 0 Å². The van der Waals surface area contributed by atoms with Crippen molar-refractivity contribution < 1.29 is 9.90 Å². The number of carbonyl (C=O) groups is 1. The molecular formula is C14H29NO2. The highest BCUT2D eigenvalue weighted by Gasteiger charge is 2.14. The maximum absolute atomic E-state index is 10.9. The number of carboxylic acid groups (broad SMARTS) is 1. The van der Waals surface area contributed by atoms with Crippen LogP contribution in [0.5, 0.6) is 0 Å². The van der Waals surface area contributed by atoms with Crippen molar-refractivity contribution in [3.63, 3.8) is 0 Å². The smallest absolute Gasteiger partial charge is 0.320 e. The fourth-order valence-corrected chi connectivity index (χ4v) is 1.90. The second kappa shape index (κ2) is 11.9. The topological polar surface area (TPSA) is 49.3 Å². The van der Waals surface area contributed by atoms with Crippen LogP contribution in [0.2, 0.25) is 0 Å². The van der Waals surface area contributed by atoms with Gasteiger partial charge in [-0.05, 0) is 19.4 Å². The lowest BCUT2D eigenvalue weighted by atomic mass is 10.1. The van der Waals surface area contributed by atoms with Crippen molar-refractivity contribution in [2.75, 3.05) is 6.54 Å². The van der Waals surface area contributed by atoms with Crippen molar-refractivity contribution in [1.82, 2.24) is 5.32 Å². The van der Waals surface area contributed by atoms with Crippen LogP contribution < -0.4 is 5.32 Å². The normalized spacial score (nSPS) is 12.6. The van der Waals surface area contributed by atoms with Crippen molar-refractivity contribution in [3.05, 3.63) is 0 Å². The summed E-state index contributed by atoms with van der Waals surface area (Å²) in [6.45, 7) is 5.15. The van der Waals surface area contributed by atoms with Crippen LogP contribution in [0, 0.1) is 0 Å². The Balaban J connectivity index is 3.44. The summed E-state index contributed by atoms with van der Waals surface area (Å²) in [7, 11) is 0. The van der Waals surface area contributed by atoms with E-state index in [0.717, 1.165) is 32.2 Å². The molecule has 17 heavy (non-hydrogen) atoms. The molecule has 0 saturated heterocycles. The van der Waals surface area contributed by atoms with Gasteiger partial charge >= 0.3 is 5.97 Å². The van der Waals surface area contributed by atoms with Crippen molar-refractivity contribution in [2.45, 2.75) is 77.7 Å². The maximum atomic E-state index is 10.9. The van der Waals surface area contributed by atoms with E-state index in [9.17, 15) is 4.79 Å². The highest BCUT2D eigenvalue weighted by atomic mass is 16.4. The zero-order valence-corrected chi connectivity index (χ0v) is 11.5. The summed E-state index contributed by atoms with van der Waals surface area (Å²) in [5.41, 5.74) is 0. The molecule has 3 nitrogen and oxygen atoms in total. The molecule has 0 saturated carbocycles. The summed E-state index contributed by atoms with van der Waals surface area (Å²) >= 11 is 0. The lowest BCUT2D eigenvalue weighted by Crippen LogP contribution is -2.37. The number of hydrogen-bond acceptors (Lipinski definition) is 2. The van der Waals surface area contributed by atoms with E-state index in [1.54, 1.807) is 0 Å². The van der Waals surface area contributed by atoms with Crippen molar-refractivity contribution in [3.8, 4) is 0 Å². The van der Waals surface area contributed by atoms with E-state index in [1.807, 2.05) is 0 Å². The van der Waals surface area contributed by atoms with Crippen LogP contribution in [0.25, 0.3) is 0 Å². The molecule has 0 fully saturated rings. The highest BCUT2D eigenvalue weighted by molar-refractivity contribution is 5.73. The lowest BCUT2D eigenvalue weighted by molar-refractivity contribution is -0.139. The van der Waals surface area contributed by atoms with Gasteiger partial charge in [0.2, 0.25) is 0 Å². The summed E-state index contributed by atoms with van der Waals surface area (Å²) in [6.07, 6.45) is 10.3. The molecule has 0 aliphatic heterocycles. The number of rotatable bonds is 12.